The molecule has 1 atom stereocenters. The van der Waals surface area contributed by atoms with Gasteiger partial charge in [0.2, 0.25) is 0 Å². The lowest BCUT2D eigenvalue weighted by Gasteiger charge is -2.32. The predicted molar refractivity (Wildman–Crippen MR) is 86.0 cm³/mol. The number of benzene rings is 1. The van der Waals surface area contributed by atoms with E-state index >= 15 is 0 Å². The van der Waals surface area contributed by atoms with Crippen LogP contribution in [0.5, 0.6) is 5.75 Å². The van der Waals surface area contributed by atoms with E-state index in [1.165, 1.54) is 0 Å². The quantitative estimate of drug-likeness (QED) is 0.565. The highest BCUT2D eigenvalue weighted by atomic mass is 16.5. The molecule has 0 spiro atoms. The number of ether oxygens (including phenoxy) is 1. The zero-order chi connectivity index (χ0) is 15.1. The molecule has 1 rings (SSSR count). The molecule has 0 bridgehead atoms. The zero-order valence-corrected chi connectivity index (χ0v) is 13.1. The van der Waals surface area contributed by atoms with Gasteiger partial charge in [0.05, 0.1) is 12.8 Å². The molecule has 0 aromatic heterocycles. The number of anilines is 1. The second-order valence-corrected chi connectivity index (χ2v) is 5.10. The van der Waals surface area contributed by atoms with E-state index in [0.29, 0.717) is 6.04 Å². The van der Waals surface area contributed by atoms with Crippen molar-refractivity contribution in [1.82, 2.24) is 0 Å². The van der Waals surface area contributed by atoms with Crippen LogP contribution in [0.1, 0.15) is 45.6 Å². The average Bonchev–Trinajstić information content (AvgIpc) is 2.46. The summed E-state index contributed by atoms with van der Waals surface area (Å²) < 4.78 is 5.32. The van der Waals surface area contributed by atoms with Gasteiger partial charge < -0.3 is 15.4 Å². The van der Waals surface area contributed by atoms with Gasteiger partial charge in [-0.25, -0.2) is 0 Å². The molecule has 0 saturated carbocycles. The third-order valence-corrected chi connectivity index (χ3v) is 3.68. The zero-order valence-electron chi connectivity index (χ0n) is 13.1. The first-order valence-corrected chi connectivity index (χ1v) is 7.34. The molecule has 0 aliphatic heterocycles. The number of nitrogens with one attached hydrogen (secondary N) is 1. The maximum absolute atomic E-state index is 7.78. The van der Waals surface area contributed by atoms with E-state index in [1.54, 1.807) is 7.11 Å². The van der Waals surface area contributed by atoms with Gasteiger partial charge in [-0.05, 0) is 31.9 Å². The van der Waals surface area contributed by atoms with Crippen molar-refractivity contribution in [2.75, 3.05) is 18.6 Å². The van der Waals surface area contributed by atoms with E-state index in [1.807, 2.05) is 18.2 Å². The molecule has 3 N–H and O–H groups in total. The molecular formula is C16H27N3O. The van der Waals surface area contributed by atoms with Gasteiger partial charge in [-0.2, -0.15) is 0 Å². The Kier molecular flexibility index (Phi) is 6.36. The smallest absolute Gasteiger partial charge is 0.124 e. The van der Waals surface area contributed by atoms with Crippen molar-refractivity contribution in [2.45, 2.75) is 46.1 Å². The third kappa shape index (κ3) is 3.89. The molecule has 112 valence electrons. The van der Waals surface area contributed by atoms with E-state index in [-0.39, 0.29) is 5.84 Å². The van der Waals surface area contributed by atoms with Gasteiger partial charge in [-0.3, -0.25) is 5.41 Å². The maximum Gasteiger partial charge on any atom is 0.124 e. The van der Waals surface area contributed by atoms with Gasteiger partial charge in [0.15, 0.2) is 0 Å². The van der Waals surface area contributed by atoms with Gasteiger partial charge in [0.25, 0.3) is 0 Å². The summed E-state index contributed by atoms with van der Waals surface area (Å²) in [6.45, 7) is 7.54. The SMILES string of the molecule is CCCCN(c1cc(OC)ccc1C(=N)N)C(C)CC. The number of methoxy groups -OCH3 is 1. The summed E-state index contributed by atoms with van der Waals surface area (Å²) in [7, 11) is 1.66. The molecule has 0 radical (unpaired) electrons. The minimum absolute atomic E-state index is 0.104. The Labute approximate surface area is 122 Å². The molecule has 0 amide bonds. The molecule has 1 aromatic rings. The Morgan fingerprint density at radius 1 is 1.40 bits per heavy atom. The normalized spacial score (nSPS) is 12.0. The Hall–Kier alpha value is -1.71. The molecule has 0 aliphatic rings. The summed E-state index contributed by atoms with van der Waals surface area (Å²) in [5.41, 5.74) is 7.51. The van der Waals surface area contributed by atoms with Crippen LogP contribution in [-0.4, -0.2) is 25.5 Å². The van der Waals surface area contributed by atoms with Crippen LogP contribution in [0.25, 0.3) is 0 Å². The van der Waals surface area contributed by atoms with Gasteiger partial charge in [-0.1, -0.05) is 20.3 Å². The summed E-state index contributed by atoms with van der Waals surface area (Å²) in [6, 6.07) is 6.12. The van der Waals surface area contributed by atoms with E-state index in [0.717, 1.165) is 42.8 Å². The van der Waals surface area contributed by atoms with Crippen molar-refractivity contribution >= 4 is 11.5 Å². The topological polar surface area (TPSA) is 62.3 Å². The van der Waals surface area contributed by atoms with E-state index < -0.39 is 0 Å². The molecule has 0 aliphatic carbocycles. The number of amidine groups is 1. The van der Waals surface area contributed by atoms with Crippen molar-refractivity contribution in [1.29, 1.82) is 5.41 Å². The lowest BCUT2D eigenvalue weighted by molar-refractivity contribution is 0.414. The molecule has 0 heterocycles. The van der Waals surface area contributed by atoms with Crippen LogP contribution >= 0.6 is 0 Å². The fraction of sp³-hybridized carbons (Fsp3) is 0.562. The van der Waals surface area contributed by atoms with Crippen molar-refractivity contribution in [3.8, 4) is 5.75 Å². The summed E-state index contributed by atoms with van der Waals surface area (Å²) in [4.78, 5) is 2.34. The highest BCUT2D eigenvalue weighted by Crippen LogP contribution is 2.28. The monoisotopic (exact) mass is 277 g/mol. The second kappa shape index (κ2) is 7.78. The lowest BCUT2D eigenvalue weighted by atomic mass is 10.1. The largest absolute Gasteiger partial charge is 0.497 e. The van der Waals surface area contributed by atoms with Gasteiger partial charge >= 0.3 is 0 Å². The number of unbranched alkanes of at least 4 members (excludes halogenated alkanes) is 1. The van der Waals surface area contributed by atoms with E-state index in [2.05, 4.69) is 25.7 Å². The standard InChI is InChI=1S/C16H27N3O/c1-5-7-10-19(12(3)6-2)15-11-13(20-4)8-9-14(15)16(17)18/h8-9,11-12H,5-7,10H2,1-4H3,(H3,17,18). The van der Waals surface area contributed by atoms with Crippen LogP contribution in [0.2, 0.25) is 0 Å². The van der Waals surface area contributed by atoms with E-state index in [4.69, 9.17) is 15.9 Å². The first-order chi connectivity index (χ1) is 9.54. The lowest BCUT2D eigenvalue weighted by Crippen LogP contribution is -2.35. The fourth-order valence-electron chi connectivity index (χ4n) is 2.23. The number of nitrogen functional groups attached to an aromatic ring is 1. The predicted octanol–water partition coefficient (Wildman–Crippen LogP) is 3.38. The Bertz CT molecular complexity index is 445. The molecule has 20 heavy (non-hydrogen) atoms. The van der Waals surface area contributed by atoms with Crippen LogP contribution in [0, 0.1) is 5.41 Å². The Balaban J connectivity index is 3.23. The van der Waals surface area contributed by atoms with Crippen LogP contribution in [-0.2, 0) is 0 Å². The minimum Gasteiger partial charge on any atom is -0.497 e. The van der Waals surface area contributed by atoms with Crippen molar-refractivity contribution < 1.29 is 4.74 Å². The maximum atomic E-state index is 7.78. The number of nitrogens with two attached hydrogens (primary N) is 1. The molecule has 0 saturated heterocycles. The summed E-state index contributed by atoms with van der Waals surface area (Å²) in [5.74, 6) is 0.905. The van der Waals surface area contributed by atoms with Gasteiger partial charge in [0.1, 0.15) is 11.6 Å². The Morgan fingerprint density at radius 2 is 2.10 bits per heavy atom. The van der Waals surface area contributed by atoms with Crippen LogP contribution in [0.15, 0.2) is 18.2 Å². The molecule has 0 fully saturated rings. The molecule has 4 heteroatoms. The molecule has 1 unspecified atom stereocenters. The first kappa shape index (κ1) is 16.3. The molecular weight excluding hydrogens is 250 g/mol. The number of rotatable bonds is 8. The highest BCUT2D eigenvalue weighted by molar-refractivity contribution is 6.00. The molecule has 4 nitrogen and oxygen atoms in total. The molecule has 1 aromatic carbocycles. The van der Waals surface area contributed by atoms with Crippen LogP contribution in [0.3, 0.4) is 0 Å². The van der Waals surface area contributed by atoms with Crippen molar-refractivity contribution in [3.63, 3.8) is 0 Å². The Morgan fingerprint density at radius 3 is 2.60 bits per heavy atom. The van der Waals surface area contributed by atoms with Gasteiger partial charge in [-0.15, -0.1) is 0 Å². The average molecular weight is 277 g/mol. The fourth-order valence-corrected chi connectivity index (χ4v) is 2.23. The van der Waals surface area contributed by atoms with Crippen LogP contribution in [0.4, 0.5) is 5.69 Å². The van der Waals surface area contributed by atoms with Crippen molar-refractivity contribution in [3.05, 3.63) is 23.8 Å². The van der Waals surface area contributed by atoms with E-state index in [9.17, 15) is 0 Å². The number of nitrogens with zero attached hydrogens (tertiary/aromatic N) is 1. The summed E-state index contributed by atoms with van der Waals surface area (Å²) in [6.07, 6.45) is 3.32. The first-order valence-electron chi connectivity index (χ1n) is 7.34. The summed E-state index contributed by atoms with van der Waals surface area (Å²) in [5, 5.41) is 7.78. The minimum atomic E-state index is 0.104. The summed E-state index contributed by atoms with van der Waals surface area (Å²) >= 11 is 0. The third-order valence-electron chi connectivity index (χ3n) is 3.68. The van der Waals surface area contributed by atoms with Gasteiger partial charge in [0, 0.05) is 24.2 Å². The van der Waals surface area contributed by atoms with Crippen LogP contribution < -0.4 is 15.4 Å². The number of hydrogen-bond acceptors (Lipinski definition) is 3. The highest BCUT2D eigenvalue weighted by Gasteiger charge is 2.18. The second-order valence-electron chi connectivity index (χ2n) is 5.10. The van der Waals surface area contributed by atoms with Crippen molar-refractivity contribution in [2.24, 2.45) is 5.73 Å². The number of hydrogen-bond donors (Lipinski definition) is 2.